The SMILES string of the molecule is C[C@H](O/N=C(\C(=O)N[C@@H]1C(=O)N2C(C(=O)[O-])=C(C[n+]3cccc4c3nc(N)n4CCNCCO)CS[C@H]12)c1nc(N)sc1Cl)C(=O)O. The molecule has 3 aromatic heterocycles. The Bertz CT molecular complexity index is 1810. The number of aliphatic hydroxyl groups excluding tert-OH is 1. The minimum absolute atomic E-state index is 0.000137. The molecule has 0 aromatic carbocycles. The van der Waals surface area contributed by atoms with Crippen LogP contribution in [0.5, 0.6) is 0 Å². The summed E-state index contributed by atoms with van der Waals surface area (Å²) in [6, 6.07) is 2.42. The van der Waals surface area contributed by atoms with Crippen LogP contribution in [0.4, 0.5) is 11.1 Å². The van der Waals surface area contributed by atoms with Crippen molar-refractivity contribution in [1.29, 1.82) is 0 Å². The van der Waals surface area contributed by atoms with E-state index < -0.39 is 47.0 Å². The highest BCUT2D eigenvalue weighted by Crippen LogP contribution is 2.40. The fraction of sp³-hybridized carbons (Fsp3) is 0.385. The van der Waals surface area contributed by atoms with Gasteiger partial charge in [0.05, 0.1) is 24.5 Å². The smallest absolute Gasteiger partial charge is 0.351 e. The molecule has 250 valence electrons. The van der Waals surface area contributed by atoms with Gasteiger partial charge in [0.25, 0.3) is 11.8 Å². The van der Waals surface area contributed by atoms with E-state index in [1.54, 1.807) is 21.4 Å². The number of pyridine rings is 1. The third kappa shape index (κ3) is 6.81. The number of thiazole rings is 1. The van der Waals surface area contributed by atoms with Crippen molar-refractivity contribution in [2.45, 2.75) is 37.5 Å². The maximum absolute atomic E-state index is 13.3. The number of nitrogens with two attached hydrogens (primary N) is 2. The number of nitrogen functional groups attached to an aromatic ring is 2. The maximum atomic E-state index is 13.3. The van der Waals surface area contributed by atoms with Crippen LogP contribution in [-0.4, -0.2) is 102 Å². The summed E-state index contributed by atoms with van der Waals surface area (Å²) in [6.45, 7) is 2.68. The van der Waals surface area contributed by atoms with Gasteiger partial charge in [-0.05, 0) is 24.0 Å². The number of nitrogens with one attached hydrogen (secondary N) is 2. The van der Waals surface area contributed by atoms with Crippen LogP contribution in [0.2, 0.25) is 4.34 Å². The van der Waals surface area contributed by atoms with Crippen LogP contribution in [0, 0.1) is 0 Å². The quantitative estimate of drug-likeness (QED) is 0.0332. The van der Waals surface area contributed by atoms with Crippen LogP contribution < -0.4 is 31.8 Å². The molecule has 1 fully saturated rings. The van der Waals surface area contributed by atoms with Gasteiger partial charge in [0.15, 0.2) is 10.8 Å². The zero-order valence-corrected chi connectivity index (χ0v) is 27.0. The van der Waals surface area contributed by atoms with E-state index in [4.69, 9.17) is 38.1 Å². The number of rotatable bonds is 14. The second-order valence-electron chi connectivity index (χ2n) is 10.2. The van der Waals surface area contributed by atoms with Gasteiger partial charge in [-0.25, -0.2) is 14.3 Å². The second-order valence-corrected chi connectivity index (χ2v) is 13.0. The molecule has 5 rings (SSSR count). The fourth-order valence-corrected chi connectivity index (χ4v) is 7.22. The molecule has 0 aliphatic carbocycles. The number of nitrogens with zero attached hydrogens (tertiary/aromatic N) is 6. The van der Waals surface area contributed by atoms with Crippen molar-refractivity contribution in [3.05, 3.63) is 39.6 Å². The number of aliphatic hydroxyl groups is 1. The van der Waals surface area contributed by atoms with E-state index in [1.165, 1.54) is 18.7 Å². The number of carbonyl (C=O) groups excluding carboxylic acids is 3. The van der Waals surface area contributed by atoms with Crippen LogP contribution in [0.15, 0.2) is 34.8 Å². The predicted molar refractivity (Wildman–Crippen MR) is 168 cm³/mol. The summed E-state index contributed by atoms with van der Waals surface area (Å²) < 4.78 is 3.48. The standard InChI is InChI=1S/C26H29ClN10O8S2/c1-11(23(41)42)45-34-15(14-18(27)47-26(29)32-14)20(39)31-16-21(40)37-17(24(43)44)12(10-46-22(16)37)9-35-6-2-3-13-19(35)33-25(28)36(13)7-4-30-5-8-38/h2-3,6,11,16,22,28,30,38H,4-5,7-10H2,1H3,(H5,29,31,32,39,41,42,43,44)/b34-15-/t11-,16+,22+/m0/s1. The summed E-state index contributed by atoms with van der Waals surface area (Å²) in [5.74, 6) is -4.19. The van der Waals surface area contributed by atoms with Crippen LogP contribution in [-0.2, 0) is 37.1 Å². The first kappa shape index (κ1) is 33.9. The van der Waals surface area contributed by atoms with Crippen LogP contribution in [0.25, 0.3) is 11.2 Å². The van der Waals surface area contributed by atoms with Crippen molar-refractivity contribution in [3.63, 3.8) is 0 Å². The summed E-state index contributed by atoms with van der Waals surface area (Å²) in [4.78, 5) is 64.7. The first-order chi connectivity index (χ1) is 22.4. The Morgan fingerprint density at radius 3 is 2.74 bits per heavy atom. The molecule has 2 aliphatic rings. The number of hydrogen-bond acceptors (Lipinski definition) is 15. The average molecular weight is 709 g/mol. The van der Waals surface area contributed by atoms with Crippen molar-refractivity contribution in [3.8, 4) is 0 Å². The summed E-state index contributed by atoms with van der Waals surface area (Å²) in [6.07, 6.45) is 0.282. The van der Waals surface area contributed by atoms with Gasteiger partial charge in [0, 0.05) is 31.0 Å². The molecule has 3 aromatic rings. The van der Waals surface area contributed by atoms with Crippen LogP contribution in [0.3, 0.4) is 0 Å². The number of anilines is 2. The lowest BCUT2D eigenvalue weighted by Crippen LogP contribution is -2.71. The van der Waals surface area contributed by atoms with Crippen molar-refractivity contribution in [2.75, 3.05) is 36.9 Å². The van der Waals surface area contributed by atoms with Crippen molar-refractivity contribution >= 4 is 86.4 Å². The minimum atomic E-state index is -1.57. The average Bonchev–Trinajstić information content (AvgIpc) is 3.54. The lowest BCUT2D eigenvalue weighted by atomic mass is 10.0. The molecule has 0 radical (unpaired) electrons. The molecule has 0 unspecified atom stereocenters. The van der Waals surface area contributed by atoms with Gasteiger partial charge < -0.3 is 47.1 Å². The van der Waals surface area contributed by atoms with Crippen LogP contribution >= 0.6 is 34.7 Å². The topological polar surface area (TPSA) is 267 Å². The van der Waals surface area contributed by atoms with Gasteiger partial charge in [-0.2, -0.15) is 0 Å². The van der Waals surface area contributed by atoms with Gasteiger partial charge in [-0.3, -0.25) is 19.1 Å². The van der Waals surface area contributed by atoms with Crippen molar-refractivity contribution < 1.29 is 43.9 Å². The Morgan fingerprint density at radius 2 is 2.09 bits per heavy atom. The number of oxime groups is 1. The van der Waals surface area contributed by atoms with Gasteiger partial charge >= 0.3 is 17.6 Å². The second kappa shape index (κ2) is 14.1. The number of aromatic nitrogens is 4. The Hall–Kier alpha value is -4.50. The molecule has 3 atom stereocenters. The van der Waals surface area contributed by atoms with E-state index >= 15 is 0 Å². The molecule has 5 heterocycles. The van der Waals surface area contributed by atoms with Crippen molar-refractivity contribution in [1.82, 2.24) is 30.1 Å². The maximum Gasteiger partial charge on any atom is 0.351 e. The fourth-order valence-electron chi connectivity index (χ4n) is 4.95. The molecule has 2 amide bonds. The molecule has 18 nitrogen and oxygen atoms in total. The summed E-state index contributed by atoms with van der Waals surface area (Å²) in [5, 5.41) is 38.9. The van der Waals surface area contributed by atoms with Crippen molar-refractivity contribution in [2.24, 2.45) is 5.16 Å². The largest absolute Gasteiger partial charge is 0.543 e. The number of imidazole rings is 1. The number of carboxylic acids is 2. The van der Waals surface area contributed by atoms with E-state index in [9.17, 15) is 24.3 Å². The highest BCUT2D eigenvalue weighted by atomic mass is 35.5. The molecule has 21 heteroatoms. The first-order valence-corrected chi connectivity index (χ1v) is 16.2. The minimum Gasteiger partial charge on any atom is -0.543 e. The highest BCUT2D eigenvalue weighted by molar-refractivity contribution is 8.00. The van der Waals surface area contributed by atoms with E-state index in [1.807, 2.05) is 6.07 Å². The van der Waals surface area contributed by atoms with E-state index in [2.05, 4.69) is 25.8 Å². The monoisotopic (exact) mass is 708 g/mol. The van der Waals surface area contributed by atoms with Gasteiger partial charge in [-0.1, -0.05) is 28.1 Å². The number of amides is 2. The molecule has 8 N–H and O–H groups in total. The number of carbonyl (C=O) groups is 4. The van der Waals surface area contributed by atoms with E-state index in [0.717, 1.165) is 16.2 Å². The zero-order chi connectivity index (χ0) is 34.0. The summed E-state index contributed by atoms with van der Waals surface area (Å²) in [7, 11) is 0. The molecular weight excluding hydrogens is 680 g/mol. The lowest BCUT2D eigenvalue weighted by Gasteiger charge is -2.50. The van der Waals surface area contributed by atoms with Gasteiger partial charge in [-0.15, -0.1) is 11.8 Å². The highest BCUT2D eigenvalue weighted by Gasteiger charge is 2.53. The number of halogens is 1. The van der Waals surface area contributed by atoms with Gasteiger partial charge in [0.2, 0.25) is 6.10 Å². The Labute approximate surface area is 279 Å². The number of carboxylic acid groups (broad SMARTS) is 2. The number of β-lactam (4-membered cyclic amide) rings is 1. The van der Waals surface area contributed by atoms with Crippen LogP contribution in [0.1, 0.15) is 12.6 Å². The van der Waals surface area contributed by atoms with E-state index in [-0.39, 0.29) is 45.7 Å². The normalized spacial score (nSPS) is 18.6. The molecule has 2 aliphatic heterocycles. The molecular formula is C26H29ClN10O8S2. The molecule has 0 bridgehead atoms. The number of thioether (sulfide) groups is 1. The van der Waals surface area contributed by atoms with E-state index in [0.29, 0.717) is 36.4 Å². The zero-order valence-electron chi connectivity index (χ0n) is 24.6. The lowest BCUT2D eigenvalue weighted by molar-refractivity contribution is -0.664. The number of fused-ring (bicyclic) bond motifs is 2. The molecule has 0 saturated carbocycles. The Kier molecular flexibility index (Phi) is 10.2. The first-order valence-electron chi connectivity index (χ1n) is 14.0. The third-order valence-electron chi connectivity index (χ3n) is 7.19. The molecule has 47 heavy (non-hydrogen) atoms. The Morgan fingerprint density at radius 1 is 1.32 bits per heavy atom. The molecule has 0 spiro atoms. The summed E-state index contributed by atoms with van der Waals surface area (Å²) in [5.41, 5.74) is 12.4. The van der Waals surface area contributed by atoms with Gasteiger partial charge in [0.1, 0.15) is 33.5 Å². The Balaban J connectivity index is 1.37. The number of hydrogen-bond donors (Lipinski definition) is 6. The summed E-state index contributed by atoms with van der Waals surface area (Å²) >= 11 is 8.23. The third-order valence-corrected chi connectivity index (χ3v) is 9.61. The number of aliphatic carboxylic acids is 2. The molecule has 1 saturated heterocycles. The predicted octanol–water partition coefficient (Wildman–Crippen LogP) is -2.52.